The van der Waals surface area contributed by atoms with Crippen LogP contribution in [0.2, 0.25) is 0 Å². The smallest absolute Gasteiger partial charge is 0.0363 e. The van der Waals surface area contributed by atoms with Gasteiger partial charge in [-0.05, 0) is 37.5 Å². The van der Waals surface area contributed by atoms with Crippen molar-refractivity contribution in [1.82, 2.24) is 0 Å². The maximum absolute atomic E-state index is 5.76. The molecule has 0 spiro atoms. The van der Waals surface area contributed by atoms with Gasteiger partial charge in [0.15, 0.2) is 0 Å². The summed E-state index contributed by atoms with van der Waals surface area (Å²) in [6, 6.07) is 9.13. The van der Waals surface area contributed by atoms with Crippen molar-refractivity contribution in [3.8, 4) is 0 Å². The first-order valence-electron chi connectivity index (χ1n) is 6.19. The number of hydrogen-bond acceptors (Lipinski definition) is 2. The lowest BCUT2D eigenvalue weighted by Gasteiger charge is -2.20. The third-order valence-electron chi connectivity index (χ3n) is 2.84. The zero-order valence-corrected chi connectivity index (χ0v) is 10.7. The predicted molar refractivity (Wildman–Crippen MR) is 72.0 cm³/mol. The highest BCUT2D eigenvalue weighted by molar-refractivity contribution is 5.46. The Morgan fingerprint density at radius 1 is 1.25 bits per heavy atom. The van der Waals surface area contributed by atoms with Crippen LogP contribution in [-0.2, 0) is 6.42 Å². The van der Waals surface area contributed by atoms with Crippen molar-refractivity contribution in [1.29, 1.82) is 0 Å². The van der Waals surface area contributed by atoms with E-state index in [9.17, 15) is 0 Å². The fourth-order valence-electron chi connectivity index (χ4n) is 1.73. The molecule has 1 atom stereocenters. The summed E-state index contributed by atoms with van der Waals surface area (Å²) in [6.07, 6.45) is 3.41. The van der Waals surface area contributed by atoms with Gasteiger partial charge >= 0.3 is 0 Å². The largest absolute Gasteiger partial charge is 0.375 e. The number of hydrogen-bond donors (Lipinski definition) is 1. The Kier molecular flexibility index (Phi) is 5.33. The van der Waals surface area contributed by atoms with E-state index in [0.717, 1.165) is 13.0 Å². The molecule has 0 fully saturated rings. The number of rotatable bonds is 6. The maximum Gasteiger partial charge on any atom is 0.0363 e. The highest BCUT2D eigenvalue weighted by atomic mass is 15.1. The van der Waals surface area contributed by atoms with Crippen LogP contribution in [0.1, 0.15) is 32.3 Å². The maximum atomic E-state index is 5.76. The van der Waals surface area contributed by atoms with Crippen LogP contribution < -0.4 is 10.6 Å². The first-order chi connectivity index (χ1) is 7.63. The monoisotopic (exact) mass is 220 g/mol. The van der Waals surface area contributed by atoms with Gasteiger partial charge in [0.25, 0.3) is 0 Å². The van der Waals surface area contributed by atoms with E-state index in [0.29, 0.717) is 0 Å². The standard InChI is InChI=1S/C14H24N2/c1-4-5-13-6-8-14(9-7-13)16(3)11-10-12(2)15/h6-9,12H,4-5,10-11,15H2,1-3H3. The van der Waals surface area contributed by atoms with E-state index >= 15 is 0 Å². The molecule has 1 aromatic rings. The molecule has 2 N–H and O–H groups in total. The van der Waals surface area contributed by atoms with Gasteiger partial charge in [0, 0.05) is 25.3 Å². The lowest BCUT2D eigenvalue weighted by Crippen LogP contribution is -2.25. The van der Waals surface area contributed by atoms with Crippen LogP contribution in [0, 0.1) is 0 Å². The molecule has 0 aliphatic heterocycles. The topological polar surface area (TPSA) is 29.3 Å². The minimum atomic E-state index is 0.279. The zero-order chi connectivity index (χ0) is 12.0. The molecule has 0 aliphatic rings. The zero-order valence-electron chi connectivity index (χ0n) is 10.7. The van der Waals surface area contributed by atoms with E-state index in [4.69, 9.17) is 5.73 Å². The predicted octanol–water partition coefficient (Wildman–Crippen LogP) is 2.81. The summed E-state index contributed by atoms with van der Waals surface area (Å²) in [5, 5.41) is 0. The van der Waals surface area contributed by atoms with Crippen molar-refractivity contribution in [3.63, 3.8) is 0 Å². The second-order valence-corrected chi connectivity index (χ2v) is 4.60. The Morgan fingerprint density at radius 3 is 2.38 bits per heavy atom. The van der Waals surface area contributed by atoms with Crippen molar-refractivity contribution in [2.24, 2.45) is 5.73 Å². The van der Waals surface area contributed by atoms with Crippen LogP contribution >= 0.6 is 0 Å². The molecule has 1 aromatic carbocycles. The molecule has 1 rings (SSSR count). The van der Waals surface area contributed by atoms with Gasteiger partial charge in [0.2, 0.25) is 0 Å². The Labute approximate surface area is 99.5 Å². The minimum absolute atomic E-state index is 0.279. The Morgan fingerprint density at radius 2 is 1.88 bits per heavy atom. The van der Waals surface area contributed by atoms with Gasteiger partial charge in [0.05, 0.1) is 0 Å². The Bertz CT molecular complexity index is 290. The number of aryl methyl sites for hydroxylation is 1. The fraction of sp³-hybridized carbons (Fsp3) is 0.571. The first kappa shape index (κ1) is 13.0. The molecule has 0 aliphatic carbocycles. The fourth-order valence-corrected chi connectivity index (χ4v) is 1.73. The Hall–Kier alpha value is -1.02. The van der Waals surface area contributed by atoms with E-state index in [2.05, 4.69) is 50.1 Å². The molecular formula is C14H24N2. The van der Waals surface area contributed by atoms with Gasteiger partial charge in [-0.2, -0.15) is 0 Å². The summed E-state index contributed by atoms with van der Waals surface area (Å²) in [7, 11) is 2.12. The first-order valence-corrected chi connectivity index (χ1v) is 6.19. The average Bonchev–Trinajstić information content (AvgIpc) is 2.27. The molecule has 16 heavy (non-hydrogen) atoms. The highest BCUT2D eigenvalue weighted by Crippen LogP contribution is 2.15. The van der Waals surface area contributed by atoms with Crippen LogP contribution in [0.4, 0.5) is 5.69 Å². The number of nitrogens with two attached hydrogens (primary N) is 1. The number of nitrogens with zero attached hydrogens (tertiary/aromatic N) is 1. The van der Waals surface area contributed by atoms with Crippen LogP contribution in [0.15, 0.2) is 24.3 Å². The molecule has 90 valence electrons. The molecule has 0 saturated carbocycles. The second kappa shape index (κ2) is 6.54. The summed E-state index contributed by atoms with van der Waals surface area (Å²) in [6.45, 7) is 5.28. The molecule has 0 amide bonds. The Balaban J connectivity index is 2.52. The van der Waals surface area contributed by atoms with E-state index in [1.165, 1.54) is 24.1 Å². The van der Waals surface area contributed by atoms with Gasteiger partial charge in [-0.25, -0.2) is 0 Å². The average molecular weight is 220 g/mol. The molecule has 0 aromatic heterocycles. The quantitative estimate of drug-likeness (QED) is 0.798. The highest BCUT2D eigenvalue weighted by Gasteiger charge is 2.02. The summed E-state index contributed by atoms with van der Waals surface area (Å²) >= 11 is 0. The van der Waals surface area contributed by atoms with E-state index in [-0.39, 0.29) is 6.04 Å². The molecular weight excluding hydrogens is 196 g/mol. The van der Waals surface area contributed by atoms with E-state index < -0.39 is 0 Å². The molecule has 0 radical (unpaired) electrons. The lowest BCUT2D eigenvalue weighted by molar-refractivity contribution is 0.659. The lowest BCUT2D eigenvalue weighted by atomic mass is 10.1. The van der Waals surface area contributed by atoms with Crippen molar-refractivity contribution < 1.29 is 0 Å². The van der Waals surface area contributed by atoms with E-state index in [1.54, 1.807) is 0 Å². The van der Waals surface area contributed by atoms with Crippen molar-refractivity contribution in [2.75, 3.05) is 18.5 Å². The summed E-state index contributed by atoms with van der Waals surface area (Å²) in [5.41, 5.74) is 8.46. The molecule has 0 heterocycles. The normalized spacial score (nSPS) is 12.5. The second-order valence-electron chi connectivity index (χ2n) is 4.60. The third kappa shape index (κ3) is 4.23. The molecule has 2 heteroatoms. The van der Waals surface area contributed by atoms with Gasteiger partial charge in [-0.1, -0.05) is 25.5 Å². The summed E-state index contributed by atoms with van der Waals surface area (Å²) in [4.78, 5) is 2.26. The van der Waals surface area contributed by atoms with E-state index in [1.807, 2.05) is 0 Å². The van der Waals surface area contributed by atoms with Gasteiger partial charge in [0.1, 0.15) is 0 Å². The van der Waals surface area contributed by atoms with Gasteiger partial charge in [-0.15, -0.1) is 0 Å². The molecule has 0 bridgehead atoms. The van der Waals surface area contributed by atoms with Crippen LogP contribution in [-0.4, -0.2) is 19.6 Å². The van der Waals surface area contributed by atoms with Crippen LogP contribution in [0.3, 0.4) is 0 Å². The number of benzene rings is 1. The van der Waals surface area contributed by atoms with Crippen LogP contribution in [0.5, 0.6) is 0 Å². The minimum Gasteiger partial charge on any atom is -0.375 e. The molecule has 1 unspecified atom stereocenters. The van der Waals surface area contributed by atoms with Crippen LogP contribution in [0.25, 0.3) is 0 Å². The van der Waals surface area contributed by atoms with Gasteiger partial charge < -0.3 is 10.6 Å². The molecule has 2 nitrogen and oxygen atoms in total. The SMILES string of the molecule is CCCc1ccc(N(C)CCC(C)N)cc1. The van der Waals surface area contributed by atoms with Crippen molar-refractivity contribution in [3.05, 3.63) is 29.8 Å². The van der Waals surface area contributed by atoms with Crippen molar-refractivity contribution in [2.45, 2.75) is 39.2 Å². The number of anilines is 1. The van der Waals surface area contributed by atoms with Gasteiger partial charge in [-0.3, -0.25) is 0 Å². The van der Waals surface area contributed by atoms with Crippen molar-refractivity contribution >= 4 is 5.69 Å². The molecule has 0 saturated heterocycles. The third-order valence-corrected chi connectivity index (χ3v) is 2.84. The summed E-state index contributed by atoms with van der Waals surface area (Å²) in [5.74, 6) is 0. The summed E-state index contributed by atoms with van der Waals surface area (Å²) < 4.78 is 0.